The van der Waals surface area contributed by atoms with E-state index in [1.807, 2.05) is 0 Å². The van der Waals surface area contributed by atoms with Crippen molar-refractivity contribution in [2.45, 2.75) is 25.3 Å². The van der Waals surface area contributed by atoms with Crippen LogP contribution in [0.3, 0.4) is 0 Å². The molecule has 3 rings (SSSR count). The number of fused-ring (bicyclic) bond motifs is 1. The van der Waals surface area contributed by atoms with E-state index < -0.39 is 12.0 Å². The van der Waals surface area contributed by atoms with Crippen molar-refractivity contribution in [1.29, 1.82) is 0 Å². The Balaban J connectivity index is 1.65. The topological polar surface area (TPSA) is 66.8 Å². The molecule has 1 saturated carbocycles. The second kappa shape index (κ2) is 6.16. The van der Waals surface area contributed by atoms with Crippen LogP contribution in [0.15, 0.2) is 24.3 Å². The molecule has 0 aromatic heterocycles. The minimum atomic E-state index is -0.912. The van der Waals surface area contributed by atoms with Gasteiger partial charge in [-0.1, -0.05) is 24.1 Å². The molecule has 0 spiro atoms. The summed E-state index contributed by atoms with van der Waals surface area (Å²) in [5.74, 6) is -0.275. The predicted octanol–water partition coefficient (Wildman–Crippen LogP) is 2.43. The van der Waals surface area contributed by atoms with Crippen LogP contribution in [-0.4, -0.2) is 41.1 Å². The molecular weight excluding hydrogens is 306 g/mol. The Morgan fingerprint density at radius 2 is 2.18 bits per heavy atom. The highest BCUT2D eigenvalue weighted by Gasteiger charge is 2.49. The molecule has 22 heavy (non-hydrogen) atoms. The first-order valence-electron chi connectivity index (χ1n) is 7.47. The van der Waals surface area contributed by atoms with Gasteiger partial charge in [0, 0.05) is 11.6 Å². The molecule has 1 N–H and O–H groups in total. The Morgan fingerprint density at radius 1 is 1.36 bits per heavy atom. The van der Waals surface area contributed by atoms with Gasteiger partial charge in [0.25, 0.3) is 5.91 Å². The number of carboxylic acid groups (broad SMARTS) is 1. The van der Waals surface area contributed by atoms with E-state index in [4.69, 9.17) is 16.3 Å². The molecular formula is C16H18ClNO4. The molecule has 0 radical (unpaired) electrons. The SMILES string of the molecule is O=C(O)C1C2CCCC2CN1C(=O)COc1cccc(Cl)c1. The van der Waals surface area contributed by atoms with E-state index >= 15 is 0 Å². The lowest BCUT2D eigenvalue weighted by molar-refractivity contribution is -0.150. The molecule has 118 valence electrons. The Kier molecular flexibility index (Phi) is 4.25. The lowest BCUT2D eigenvalue weighted by Gasteiger charge is -2.24. The van der Waals surface area contributed by atoms with E-state index in [-0.39, 0.29) is 18.4 Å². The first-order valence-corrected chi connectivity index (χ1v) is 7.84. The summed E-state index contributed by atoms with van der Waals surface area (Å²) in [6.07, 6.45) is 2.95. The highest BCUT2D eigenvalue weighted by atomic mass is 35.5. The molecule has 3 atom stereocenters. The maximum Gasteiger partial charge on any atom is 0.326 e. The van der Waals surface area contributed by atoms with Gasteiger partial charge >= 0.3 is 5.97 Å². The molecule has 1 aromatic rings. The number of amides is 1. The number of carbonyl (C=O) groups is 2. The lowest BCUT2D eigenvalue weighted by atomic mass is 9.94. The summed E-state index contributed by atoms with van der Waals surface area (Å²) in [6.45, 7) is 0.364. The Morgan fingerprint density at radius 3 is 2.91 bits per heavy atom. The third-order valence-corrected chi connectivity index (χ3v) is 4.86. The second-order valence-electron chi connectivity index (χ2n) is 5.93. The smallest absolute Gasteiger partial charge is 0.326 e. The van der Waals surface area contributed by atoms with Crippen LogP contribution in [0.5, 0.6) is 5.75 Å². The van der Waals surface area contributed by atoms with E-state index in [2.05, 4.69) is 0 Å². The number of ether oxygens (including phenoxy) is 1. The summed E-state index contributed by atoms with van der Waals surface area (Å²) in [4.78, 5) is 25.4. The number of nitrogens with zero attached hydrogens (tertiary/aromatic N) is 1. The number of carboxylic acids is 1. The van der Waals surface area contributed by atoms with Gasteiger partial charge in [0.05, 0.1) is 0 Å². The third kappa shape index (κ3) is 2.90. The van der Waals surface area contributed by atoms with Crippen molar-refractivity contribution in [3.05, 3.63) is 29.3 Å². The second-order valence-corrected chi connectivity index (χ2v) is 6.37. The van der Waals surface area contributed by atoms with Gasteiger partial charge in [-0.15, -0.1) is 0 Å². The quantitative estimate of drug-likeness (QED) is 0.924. The number of benzene rings is 1. The van der Waals surface area contributed by atoms with Crippen molar-refractivity contribution in [2.24, 2.45) is 11.8 Å². The van der Waals surface area contributed by atoms with Crippen molar-refractivity contribution in [3.63, 3.8) is 0 Å². The summed E-state index contributed by atoms with van der Waals surface area (Å²) in [7, 11) is 0. The van der Waals surface area contributed by atoms with Gasteiger partial charge in [-0.3, -0.25) is 4.79 Å². The monoisotopic (exact) mass is 323 g/mol. The number of likely N-dealkylation sites (tertiary alicyclic amines) is 1. The van der Waals surface area contributed by atoms with Gasteiger partial charge in [-0.25, -0.2) is 4.79 Å². The molecule has 1 amide bonds. The summed E-state index contributed by atoms with van der Waals surface area (Å²) >= 11 is 5.86. The molecule has 1 aliphatic carbocycles. The number of carbonyl (C=O) groups excluding carboxylic acids is 1. The fraction of sp³-hybridized carbons (Fsp3) is 0.500. The zero-order chi connectivity index (χ0) is 15.7. The molecule has 3 unspecified atom stereocenters. The van der Waals surface area contributed by atoms with E-state index in [0.29, 0.717) is 23.2 Å². The van der Waals surface area contributed by atoms with Crippen LogP contribution in [0.1, 0.15) is 19.3 Å². The van der Waals surface area contributed by atoms with Gasteiger partial charge in [-0.2, -0.15) is 0 Å². The van der Waals surface area contributed by atoms with E-state index in [0.717, 1.165) is 19.3 Å². The largest absolute Gasteiger partial charge is 0.484 e. The van der Waals surface area contributed by atoms with Gasteiger partial charge < -0.3 is 14.7 Å². The molecule has 2 fully saturated rings. The third-order valence-electron chi connectivity index (χ3n) is 4.62. The van der Waals surface area contributed by atoms with Crippen molar-refractivity contribution >= 4 is 23.5 Å². The van der Waals surface area contributed by atoms with E-state index in [9.17, 15) is 14.7 Å². The highest BCUT2D eigenvalue weighted by Crippen LogP contribution is 2.42. The standard InChI is InChI=1S/C16H18ClNO4/c17-11-4-2-5-12(7-11)22-9-14(19)18-8-10-3-1-6-13(10)15(18)16(20)21/h2,4-5,7,10,13,15H,1,3,6,8-9H2,(H,20,21). The van der Waals surface area contributed by atoms with Crippen LogP contribution in [0.25, 0.3) is 0 Å². The normalized spacial score (nSPS) is 26.8. The van der Waals surface area contributed by atoms with Gasteiger partial charge in [0.1, 0.15) is 11.8 Å². The van der Waals surface area contributed by atoms with Crippen LogP contribution in [0.2, 0.25) is 5.02 Å². The van der Waals surface area contributed by atoms with Crippen molar-refractivity contribution in [3.8, 4) is 5.75 Å². The summed E-state index contributed by atoms with van der Waals surface area (Å²) in [5, 5.41) is 9.98. The number of halogens is 1. The molecule has 6 heteroatoms. The average Bonchev–Trinajstić information content (AvgIpc) is 3.04. The minimum Gasteiger partial charge on any atom is -0.484 e. The maximum atomic E-state index is 12.4. The Labute approximate surface area is 133 Å². The fourth-order valence-corrected chi connectivity index (χ4v) is 3.84. The number of hydrogen-bond donors (Lipinski definition) is 1. The van der Waals surface area contributed by atoms with E-state index in [1.165, 1.54) is 4.90 Å². The summed E-state index contributed by atoms with van der Waals surface area (Å²) < 4.78 is 5.44. The van der Waals surface area contributed by atoms with Crippen molar-refractivity contribution in [1.82, 2.24) is 4.90 Å². The first-order chi connectivity index (χ1) is 10.6. The van der Waals surface area contributed by atoms with Crippen LogP contribution < -0.4 is 4.74 Å². The molecule has 1 aromatic carbocycles. The van der Waals surface area contributed by atoms with Crippen LogP contribution in [0.4, 0.5) is 0 Å². The fourth-order valence-electron chi connectivity index (χ4n) is 3.66. The number of aliphatic carboxylic acids is 1. The Bertz CT molecular complexity index is 591. The zero-order valence-corrected chi connectivity index (χ0v) is 12.8. The van der Waals surface area contributed by atoms with Gasteiger partial charge in [0.15, 0.2) is 6.61 Å². The van der Waals surface area contributed by atoms with Crippen LogP contribution >= 0.6 is 11.6 Å². The summed E-state index contributed by atoms with van der Waals surface area (Å²) in [6, 6.07) is 6.10. The van der Waals surface area contributed by atoms with E-state index in [1.54, 1.807) is 24.3 Å². The molecule has 5 nitrogen and oxygen atoms in total. The van der Waals surface area contributed by atoms with Gasteiger partial charge in [-0.05, 0) is 42.9 Å². The predicted molar refractivity (Wildman–Crippen MR) is 80.9 cm³/mol. The summed E-state index contributed by atoms with van der Waals surface area (Å²) in [5.41, 5.74) is 0. The van der Waals surface area contributed by atoms with Crippen LogP contribution in [0, 0.1) is 11.8 Å². The zero-order valence-electron chi connectivity index (χ0n) is 12.1. The van der Waals surface area contributed by atoms with Crippen molar-refractivity contribution in [2.75, 3.05) is 13.2 Å². The highest BCUT2D eigenvalue weighted by molar-refractivity contribution is 6.30. The van der Waals surface area contributed by atoms with Crippen LogP contribution in [-0.2, 0) is 9.59 Å². The molecule has 1 aliphatic heterocycles. The number of rotatable bonds is 4. The maximum absolute atomic E-state index is 12.4. The average molecular weight is 324 g/mol. The first kappa shape index (κ1) is 15.2. The molecule has 1 heterocycles. The minimum absolute atomic E-state index is 0.0904. The molecule has 1 saturated heterocycles. The van der Waals surface area contributed by atoms with Gasteiger partial charge in [0.2, 0.25) is 0 Å². The lowest BCUT2D eigenvalue weighted by Crippen LogP contribution is -2.45. The number of hydrogen-bond acceptors (Lipinski definition) is 3. The molecule has 2 aliphatic rings. The molecule has 0 bridgehead atoms. The Hall–Kier alpha value is -1.75. The van der Waals surface area contributed by atoms with Crippen molar-refractivity contribution < 1.29 is 19.4 Å².